The quantitative estimate of drug-likeness (QED) is 0.747. The fourth-order valence-corrected chi connectivity index (χ4v) is 3.97. The van der Waals surface area contributed by atoms with Crippen LogP contribution in [0.2, 0.25) is 0 Å². The van der Waals surface area contributed by atoms with Crippen molar-refractivity contribution >= 4 is 11.3 Å². The number of aromatic nitrogens is 1. The highest BCUT2D eigenvalue weighted by Crippen LogP contribution is 2.37. The highest BCUT2D eigenvalue weighted by atomic mass is 32.1. The van der Waals surface area contributed by atoms with Crippen LogP contribution >= 0.6 is 11.3 Å². The van der Waals surface area contributed by atoms with Crippen LogP contribution in [0.1, 0.15) is 68.5 Å². The molecule has 0 spiro atoms. The van der Waals surface area contributed by atoms with Crippen molar-refractivity contribution < 1.29 is 4.74 Å². The summed E-state index contributed by atoms with van der Waals surface area (Å²) < 4.78 is 5.83. The lowest BCUT2D eigenvalue weighted by Gasteiger charge is -2.27. The molecule has 4 heteroatoms. The summed E-state index contributed by atoms with van der Waals surface area (Å²) >= 11 is 1.85. The molecule has 0 saturated heterocycles. The van der Waals surface area contributed by atoms with Crippen molar-refractivity contribution in [2.45, 2.75) is 77.5 Å². The summed E-state index contributed by atoms with van der Waals surface area (Å²) in [6.07, 6.45) is 6.85. The van der Waals surface area contributed by atoms with E-state index in [0.29, 0.717) is 0 Å². The van der Waals surface area contributed by atoms with Crippen LogP contribution in [0.25, 0.3) is 0 Å². The van der Waals surface area contributed by atoms with Crippen molar-refractivity contribution in [3.05, 3.63) is 15.6 Å². The zero-order valence-electron chi connectivity index (χ0n) is 13.3. The first-order valence-corrected chi connectivity index (χ1v) is 8.78. The molecule has 0 aromatic carbocycles. The van der Waals surface area contributed by atoms with E-state index in [9.17, 15) is 0 Å². The van der Waals surface area contributed by atoms with Gasteiger partial charge in [0.2, 0.25) is 0 Å². The molecule has 1 aromatic rings. The summed E-state index contributed by atoms with van der Waals surface area (Å²) in [6, 6.07) is 0.750. The summed E-state index contributed by atoms with van der Waals surface area (Å²) in [7, 11) is 1.82. The third kappa shape index (κ3) is 3.41. The minimum atomic E-state index is -0.189. The lowest BCUT2D eigenvalue weighted by atomic mass is 9.98. The molecule has 3 nitrogen and oxygen atoms in total. The number of nitrogens with zero attached hydrogens (tertiary/aromatic N) is 1. The number of hydrogen-bond donors (Lipinski definition) is 1. The Balaban J connectivity index is 2.21. The lowest BCUT2D eigenvalue weighted by molar-refractivity contribution is -0.0219. The van der Waals surface area contributed by atoms with Gasteiger partial charge in [0.1, 0.15) is 10.6 Å². The number of ether oxygens (including phenoxy) is 1. The third-order valence-electron chi connectivity index (χ3n) is 4.32. The second-order valence-corrected chi connectivity index (χ2v) is 6.78. The van der Waals surface area contributed by atoms with E-state index in [2.05, 4.69) is 26.1 Å². The zero-order chi connectivity index (χ0) is 14.6. The number of hydrogen-bond acceptors (Lipinski definition) is 4. The van der Waals surface area contributed by atoms with Gasteiger partial charge in [0.25, 0.3) is 0 Å². The van der Waals surface area contributed by atoms with Crippen molar-refractivity contribution in [1.29, 1.82) is 0 Å². The van der Waals surface area contributed by atoms with Crippen LogP contribution in [0.3, 0.4) is 0 Å². The summed E-state index contributed by atoms with van der Waals surface area (Å²) in [4.78, 5) is 6.35. The van der Waals surface area contributed by atoms with Gasteiger partial charge < -0.3 is 10.1 Å². The first-order chi connectivity index (χ1) is 9.69. The molecule has 0 atom stereocenters. The van der Waals surface area contributed by atoms with Crippen molar-refractivity contribution in [3.63, 3.8) is 0 Å². The first-order valence-electron chi connectivity index (χ1n) is 7.96. The topological polar surface area (TPSA) is 34.1 Å². The average Bonchev–Trinajstić information content (AvgIpc) is 3.22. The second kappa shape index (κ2) is 7.01. The first kappa shape index (κ1) is 15.9. The van der Waals surface area contributed by atoms with Gasteiger partial charge in [-0.05, 0) is 32.1 Å². The molecule has 1 aliphatic carbocycles. The predicted octanol–water partition coefficient (Wildman–Crippen LogP) is 4.01. The fraction of sp³-hybridized carbons (Fsp3) is 0.812. The van der Waals surface area contributed by atoms with Crippen LogP contribution in [0.15, 0.2) is 0 Å². The standard InChI is InChI=1S/C16H28N2OS/c1-5-8-13-14(11-17-12-9-10-12)20-15(18-13)16(6-2,7-3)19-4/h12,17H,5-11H2,1-4H3. The molecule has 114 valence electrons. The number of methoxy groups -OCH3 is 1. The Morgan fingerprint density at radius 2 is 2.00 bits per heavy atom. The summed E-state index contributed by atoms with van der Waals surface area (Å²) in [5.41, 5.74) is 1.09. The van der Waals surface area contributed by atoms with Crippen molar-refractivity contribution in [3.8, 4) is 0 Å². The molecule has 1 fully saturated rings. The van der Waals surface area contributed by atoms with Gasteiger partial charge in [0.05, 0.1) is 5.69 Å². The minimum Gasteiger partial charge on any atom is -0.371 e. The Hall–Kier alpha value is -0.450. The highest BCUT2D eigenvalue weighted by molar-refractivity contribution is 7.11. The molecule has 0 radical (unpaired) electrons. The van der Waals surface area contributed by atoms with Crippen molar-refractivity contribution in [2.75, 3.05) is 7.11 Å². The van der Waals surface area contributed by atoms with E-state index >= 15 is 0 Å². The van der Waals surface area contributed by atoms with Gasteiger partial charge in [-0.15, -0.1) is 11.3 Å². The predicted molar refractivity (Wildman–Crippen MR) is 85.2 cm³/mol. The van der Waals surface area contributed by atoms with Crippen LogP contribution in [0.5, 0.6) is 0 Å². The Bertz CT molecular complexity index is 414. The van der Waals surface area contributed by atoms with E-state index < -0.39 is 0 Å². The molecule has 0 aliphatic heterocycles. The van der Waals surface area contributed by atoms with Gasteiger partial charge in [0.15, 0.2) is 0 Å². The molecular formula is C16H28N2OS. The zero-order valence-corrected chi connectivity index (χ0v) is 14.1. The minimum absolute atomic E-state index is 0.189. The van der Waals surface area contributed by atoms with E-state index in [-0.39, 0.29) is 5.60 Å². The molecule has 0 amide bonds. The maximum Gasteiger partial charge on any atom is 0.125 e. The molecule has 1 aromatic heterocycles. The number of rotatable bonds is 9. The Morgan fingerprint density at radius 1 is 1.30 bits per heavy atom. The number of nitrogens with one attached hydrogen (secondary N) is 1. The fourth-order valence-electron chi connectivity index (χ4n) is 2.60. The van der Waals surface area contributed by atoms with Gasteiger partial charge in [-0.25, -0.2) is 4.98 Å². The molecule has 1 heterocycles. The van der Waals surface area contributed by atoms with Gasteiger partial charge >= 0.3 is 0 Å². The largest absolute Gasteiger partial charge is 0.371 e. The molecular weight excluding hydrogens is 268 g/mol. The van der Waals surface area contributed by atoms with Gasteiger partial charge in [-0.3, -0.25) is 0 Å². The molecule has 20 heavy (non-hydrogen) atoms. The monoisotopic (exact) mass is 296 g/mol. The van der Waals surface area contributed by atoms with E-state index in [1.807, 2.05) is 18.4 Å². The number of aryl methyl sites for hydroxylation is 1. The summed E-state index contributed by atoms with van der Waals surface area (Å²) in [5, 5.41) is 4.79. The van der Waals surface area contributed by atoms with Crippen LogP contribution in [0, 0.1) is 0 Å². The van der Waals surface area contributed by atoms with E-state index in [1.165, 1.54) is 28.4 Å². The van der Waals surface area contributed by atoms with Gasteiger partial charge in [-0.1, -0.05) is 27.2 Å². The smallest absolute Gasteiger partial charge is 0.125 e. The second-order valence-electron chi connectivity index (χ2n) is 5.70. The van der Waals surface area contributed by atoms with Crippen molar-refractivity contribution in [1.82, 2.24) is 10.3 Å². The van der Waals surface area contributed by atoms with Crippen LogP contribution in [0.4, 0.5) is 0 Å². The molecule has 2 rings (SSSR count). The molecule has 1 N–H and O–H groups in total. The molecule has 0 unspecified atom stereocenters. The molecule has 1 saturated carbocycles. The van der Waals surface area contributed by atoms with Crippen LogP contribution < -0.4 is 5.32 Å². The van der Waals surface area contributed by atoms with Crippen molar-refractivity contribution in [2.24, 2.45) is 0 Å². The maximum absolute atomic E-state index is 5.83. The number of thiazole rings is 1. The summed E-state index contributed by atoms with van der Waals surface area (Å²) in [6.45, 7) is 7.58. The molecule has 0 bridgehead atoms. The molecule has 1 aliphatic rings. The lowest BCUT2D eigenvalue weighted by Crippen LogP contribution is -2.26. The van der Waals surface area contributed by atoms with E-state index in [4.69, 9.17) is 9.72 Å². The normalized spacial score (nSPS) is 15.8. The van der Waals surface area contributed by atoms with Gasteiger partial charge in [0, 0.05) is 24.6 Å². The Morgan fingerprint density at radius 3 is 2.50 bits per heavy atom. The third-order valence-corrected chi connectivity index (χ3v) is 5.60. The van der Waals surface area contributed by atoms with E-state index in [1.54, 1.807) is 0 Å². The Labute approximate surface area is 127 Å². The van der Waals surface area contributed by atoms with Gasteiger partial charge in [-0.2, -0.15) is 0 Å². The van der Waals surface area contributed by atoms with E-state index in [0.717, 1.165) is 38.3 Å². The average molecular weight is 296 g/mol. The van der Waals surface area contributed by atoms with Crippen LogP contribution in [-0.2, 0) is 23.3 Å². The SMILES string of the molecule is CCCc1nc(C(CC)(CC)OC)sc1CNC1CC1. The highest BCUT2D eigenvalue weighted by Gasteiger charge is 2.33. The Kier molecular flexibility index (Phi) is 5.58. The maximum atomic E-state index is 5.83. The summed E-state index contributed by atoms with van der Waals surface area (Å²) in [5.74, 6) is 0. The van der Waals surface area contributed by atoms with Crippen LogP contribution in [-0.4, -0.2) is 18.1 Å².